The van der Waals surface area contributed by atoms with Crippen LogP contribution in [0.5, 0.6) is 5.88 Å². The minimum Gasteiger partial charge on any atom is -0.468 e. The number of pyridine rings is 1. The summed E-state index contributed by atoms with van der Waals surface area (Å²) in [5.74, 6) is -1.56. The average Bonchev–Trinajstić information content (AvgIpc) is 3.91. The van der Waals surface area contributed by atoms with E-state index in [1.165, 1.54) is 35.4 Å². The molecule has 7 heterocycles. The zero-order valence-corrected chi connectivity index (χ0v) is 43.9. The number of anilines is 4. The van der Waals surface area contributed by atoms with Crippen LogP contribution < -0.4 is 24.6 Å². The maximum Gasteiger partial charge on any atom is 0.293 e. The topological polar surface area (TPSA) is 184 Å². The van der Waals surface area contributed by atoms with Crippen LogP contribution in [0, 0.1) is 45.9 Å². The Morgan fingerprint density at radius 3 is 2.48 bits per heavy atom. The molecule has 1 spiro atoms. The number of amides is 1. The number of hydrogen-bond donors (Lipinski definition) is 3. The molecule has 5 fully saturated rings. The Labute approximate surface area is 446 Å². The summed E-state index contributed by atoms with van der Waals surface area (Å²) >= 11 is 0. The number of rotatable bonds is 13. The fourth-order valence-electron chi connectivity index (χ4n) is 13.2. The summed E-state index contributed by atoms with van der Waals surface area (Å²) in [6, 6.07) is 26.3. The van der Waals surface area contributed by atoms with E-state index in [0.29, 0.717) is 74.1 Å². The molecule has 16 nitrogen and oxygen atoms in total. The van der Waals surface area contributed by atoms with Gasteiger partial charge in [0, 0.05) is 74.9 Å². The summed E-state index contributed by atoms with van der Waals surface area (Å²) in [5.41, 5.74) is 6.10. The van der Waals surface area contributed by atoms with E-state index in [4.69, 9.17) is 19.2 Å². The molecule has 5 aliphatic heterocycles. The van der Waals surface area contributed by atoms with Crippen LogP contribution >= 0.6 is 0 Å². The van der Waals surface area contributed by atoms with E-state index in [0.717, 1.165) is 93.7 Å². The number of aromatic amines is 1. The zero-order chi connectivity index (χ0) is 53.0. The van der Waals surface area contributed by atoms with E-state index in [2.05, 4.69) is 60.9 Å². The molecule has 404 valence electrons. The molecule has 4 atom stereocenters. The van der Waals surface area contributed by atoms with Gasteiger partial charge in [0.05, 0.1) is 33.7 Å². The van der Waals surface area contributed by atoms with Gasteiger partial charge >= 0.3 is 0 Å². The number of carbonyl (C=O) groups is 1. The number of halogens is 2. The molecule has 0 bridgehead atoms. The first-order valence-corrected chi connectivity index (χ1v) is 28.6. The Morgan fingerprint density at radius 1 is 0.883 bits per heavy atom. The fourth-order valence-corrected chi connectivity index (χ4v) is 14.2. The van der Waals surface area contributed by atoms with Gasteiger partial charge in [0.2, 0.25) is 5.88 Å². The van der Waals surface area contributed by atoms with Crippen molar-refractivity contribution in [3.63, 3.8) is 0 Å². The number of nitrogens with zero attached hydrogens (tertiary/aromatic N) is 5. The van der Waals surface area contributed by atoms with Crippen molar-refractivity contribution in [2.24, 2.45) is 17.3 Å². The van der Waals surface area contributed by atoms with Crippen LogP contribution in [0.1, 0.15) is 90.9 Å². The molecular weight excluding hydrogens is 1010 g/mol. The SMILES string of the molecule is Cc1ccccc1[C@H]1C[C@H](Cc2ccc(F)c(F)c2)CCN1C1CC2(CCN(c3ccc(C(=O)NS(=O)(=O)c4ccc(NCC5CCOCC5)c([N+](=O)[O-])c4)c(N4c5cc6cc[nH]c6nc5O[C@H]5COCC[C@@H]54)c3)CC2)C1. The monoisotopic (exact) mass is 1070 g/mol. The molecular formula is C58H64F2N8O8S. The number of nitro benzene ring substituents is 1. The van der Waals surface area contributed by atoms with Crippen molar-refractivity contribution in [1.82, 2.24) is 19.6 Å². The van der Waals surface area contributed by atoms with Crippen LogP contribution in [-0.4, -0.2) is 105 Å². The van der Waals surface area contributed by atoms with Crippen molar-refractivity contribution < 1.29 is 41.1 Å². The smallest absolute Gasteiger partial charge is 0.293 e. The molecule has 4 saturated heterocycles. The van der Waals surface area contributed by atoms with Gasteiger partial charge in [0.15, 0.2) is 11.6 Å². The van der Waals surface area contributed by atoms with Gasteiger partial charge in [-0.3, -0.25) is 19.8 Å². The first-order chi connectivity index (χ1) is 37.3. The van der Waals surface area contributed by atoms with Crippen molar-refractivity contribution >= 4 is 55.4 Å². The average molecular weight is 1070 g/mol. The van der Waals surface area contributed by atoms with Crippen molar-refractivity contribution in [3.05, 3.63) is 141 Å². The Morgan fingerprint density at radius 2 is 1.69 bits per heavy atom. The number of nitrogens with one attached hydrogen (secondary N) is 3. The minimum atomic E-state index is -4.63. The molecule has 77 heavy (non-hydrogen) atoms. The standard InChI is InChI=1S/C58H64F2N8O8S/c1-36-4-2-3-5-44(36)50-28-39(26-38-6-10-46(59)47(60)27-38)13-20-66(50)42-32-58(33-42)17-21-65(22-18-58)41-7-9-45(51(30-41)67-49-16-25-75-35-54(49)76-57-53(67)29-40-12-19-61-55(40)63-57)56(69)64-77(72,73)43-8-11-48(52(31-43)68(70)71)62-34-37-14-23-74-24-15-37/h2-12,19,27,29-31,37,39,42,49-50,54,62H,13-18,20-26,28,32-35H2,1H3,(H,61,63)(H,64,69)/t39-,49-,50+,54-/m0/s1. The quantitative estimate of drug-likeness (QED) is 0.0734. The highest BCUT2D eigenvalue weighted by Crippen LogP contribution is 2.55. The normalized spacial score (nSPS) is 22.9. The highest BCUT2D eigenvalue weighted by atomic mass is 32.2. The van der Waals surface area contributed by atoms with Crippen LogP contribution in [0.4, 0.5) is 37.2 Å². The third-order valence-corrected chi connectivity index (χ3v) is 18.8. The molecule has 2 aromatic heterocycles. The number of nitro groups is 1. The number of hydrogen-bond acceptors (Lipinski definition) is 13. The second-order valence-electron chi connectivity index (χ2n) is 22.2. The van der Waals surface area contributed by atoms with Gasteiger partial charge in [0.25, 0.3) is 21.6 Å². The predicted molar refractivity (Wildman–Crippen MR) is 288 cm³/mol. The molecule has 0 radical (unpaired) electrons. The van der Waals surface area contributed by atoms with E-state index in [1.54, 1.807) is 18.3 Å². The number of aryl methyl sites for hydroxylation is 1. The first kappa shape index (κ1) is 51.1. The Bertz CT molecular complexity index is 3320. The molecule has 19 heteroatoms. The molecule has 6 aromatic rings. The van der Waals surface area contributed by atoms with Crippen LogP contribution in [0.2, 0.25) is 0 Å². The number of carbonyl (C=O) groups excluding carboxylic acids is 1. The summed E-state index contributed by atoms with van der Waals surface area (Å²) in [5, 5.41) is 16.3. The Hall–Kier alpha value is -6.67. The third kappa shape index (κ3) is 10.2. The molecule has 6 aliphatic rings. The number of piperidine rings is 2. The van der Waals surface area contributed by atoms with E-state index >= 15 is 0 Å². The summed E-state index contributed by atoms with van der Waals surface area (Å²) < 4.78 is 76.6. The van der Waals surface area contributed by atoms with Crippen LogP contribution in [-0.2, 0) is 25.9 Å². The number of sulfonamides is 1. The van der Waals surface area contributed by atoms with Gasteiger partial charge in [-0.15, -0.1) is 0 Å². The van der Waals surface area contributed by atoms with E-state index in [9.17, 15) is 32.1 Å². The summed E-state index contributed by atoms with van der Waals surface area (Å²) in [7, 11) is -4.63. The summed E-state index contributed by atoms with van der Waals surface area (Å²) in [4.78, 5) is 41.2. The van der Waals surface area contributed by atoms with Crippen molar-refractivity contribution in [3.8, 4) is 5.88 Å². The van der Waals surface area contributed by atoms with Gasteiger partial charge < -0.3 is 34.3 Å². The van der Waals surface area contributed by atoms with Crippen LogP contribution in [0.3, 0.4) is 0 Å². The van der Waals surface area contributed by atoms with E-state index < -0.39 is 49.2 Å². The number of aromatic nitrogens is 2. The third-order valence-electron chi connectivity index (χ3n) is 17.5. The van der Waals surface area contributed by atoms with Crippen molar-refractivity contribution in [1.29, 1.82) is 0 Å². The second-order valence-corrected chi connectivity index (χ2v) is 23.9. The number of likely N-dealkylation sites (tertiary alicyclic amines) is 1. The number of ether oxygens (including phenoxy) is 3. The predicted octanol–water partition coefficient (Wildman–Crippen LogP) is 10.1. The lowest BCUT2D eigenvalue weighted by atomic mass is 9.59. The number of H-pyrrole nitrogens is 1. The minimum absolute atomic E-state index is 0.0981. The maximum atomic E-state index is 14.7. The van der Waals surface area contributed by atoms with Gasteiger partial charge in [-0.05, 0) is 166 Å². The molecule has 1 saturated carbocycles. The first-order valence-electron chi connectivity index (χ1n) is 27.1. The number of benzene rings is 4. The second kappa shape index (κ2) is 20.9. The van der Waals surface area contributed by atoms with Gasteiger partial charge in [0.1, 0.15) is 23.1 Å². The van der Waals surface area contributed by atoms with Gasteiger partial charge in [-0.25, -0.2) is 21.9 Å². The van der Waals surface area contributed by atoms with E-state index in [1.807, 2.05) is 24.3 Å². The molecule has 12 rings (SSSR count). The molecule has 0 unspecified atom stereocenters. The lowest BCUT2D eigenvalue weighted by molar-refractivity contribution is -0.384. The van der Waals surface area contributed by atoms with E-state index in [-0.39, 0.29) is 41.3 Å². The largest absolute Gasteiger partial charge is 0.468 e. The Kier molecular flexibility index (Phi) is 13.9. The lowest BCUT2D eigenvalue weighted by Gasteiger charge is -2.58. The lowest BCUT2D eigenvalue weighted by Crippen LogP contribution is -2.57. The van der Waals surface area contributed by atoms with Crippen LogP contribution in [0.25, 0.3) is 11.0 Å². The van der Waals surface area contributed by atoms with Gasteiger partial charge in [-0.2, -0.15) is 4.98 Å². The zero-order valence-electron chi connectivity index (χ0n) is 43.1. The fraction of sp³-hybridized carbons (Fsp3) is 0.448. The van der Waals surface area contributed by atoms with Gasteiger partial charge in [-0.1, -0.05) is 30.3 Å². The molecule has 1 aliphatic carbocycles. The summed E-state index contributed by atoms with van der Waals surface area (Å²) in [6.45, 7) is 7.12. The molecule has 3 N–H and O–H groups in total. The number of fused-ring (bicyclic) bond motifs is 3. The maximum absolute atomic E-state index is 14.7. The Balaban J connectivity index is 0.802. The van der Waals surface area contributed by atoms with Crippen molar-refractivity contribution in [2.75, 3.05) is 67.7 Å². The highest BCUT2D eigenvalue weighted by molar-refractivity contribution is 7.90. The highest BCUT2D eigenvalue weighted by Gasteiger charge is 2.50. The molecule has 1 amide bonds. The summed E-state index contributed by atoms with van der Waals surface area (Å²) in [6.07, 6.45) is 10.3. The van der Waals surface area contributed by atoms with Crippen LogP contribution in [0.15, 0.2) is 102 Å². The molecule has 4 aromatic carbocycles. The van der Waals surface area contributed by atoms with Crippen molar-refractivity contribution in [2.45, 2.75) is 100 Å².